The number of aromatic nitrogens is 1. The third-order valence-electron chi connectivity index (χ3n) is 1.84. The molecule has 2 rings (SSSR count). The van der Waals surface area contributed by atoms with Crippen molar-refractivity contribution in [2.75, 3.05) is 0 Å². The normalized spacial score (nSPS) is 11.3. The second kappa shape index (κ2) is 3.21. The maximum Gasteiger partial charge on any atom is 0.196 e. The number of nitrogens with zero attached hydrogens (tertiary/aromatic N) is 1. The number of para-hydroxylation sites is 2. The van der Waals surface area contributed by atoms with E-state index in [1.807, 2.05) is 24.3 Å². The standard InChI is InChI=1S/C11H12NO/c1-8(2)7-11-12-9-5-3-4-6-10(9)13-11/h3-6H,7H2,1-2H3. The average Bonchev–Trinajstić information content (AvgIpc) is 2.44. The van der Waals surface area contributed by atoms with Gasteiger partial charge in [-0.25, -0.2) is 4.98 Å². The van der Waals surface area contributed by atoms with Gasteiger partial charge in [0.2, 0.25) is 0 Å². The predicted molar refractivity (Wildman–Crippen MR) is 52.3 cm³/mol. The highest BCUT2D eigenvalue weighted by Gasteiger charge is 2.06. The topological polar surface area (TPSA) is 26.0 Å². The fourth-order valence-electron chi connectivity index (χ4n) is 1.30. The van der Waals surface area contributed by atoms with Crippen LogP contribution in [0.4, 0.5) is 0 Å². The first-order valence-corrected chi connectivity index (χ1v) is 4.39. The van der Waals surface area contributed by atoms with E-state index in [0.29, 0.717) is 0 Å². The van der Waals surface area contributed by atoms with Crippen LogP contribution in [0.3, 0.4) is 0 Å². The number of rotatable bonds is 2. The lowest BCUT2D eigenvalue weighted by molar-refractivity contribution is 0.532. The summed E-state index contributed by atoms with van der Waals surface area (Å²) in [6, 6.07) is 7.83. The molecule has 0 N–H and O–H groups in total. The number of fused-ring (bicyclic) bond motifs is 1. The molecule has 0 saturated heterocycles. The van der Waals surface area contributed by atoms with E-state index >= 15 is 0 Å². The van der Waals surface area contributed by atoms with Crippen molar-refractivity contribution < 1.29 is 4.42 Å². The molecule has 2 nitrogen and oxygen atoms in total. The fraction of sp³-hybridized carbons (Fsp3) is 0.273. The van der Waals surface area contributed by atoms with Gasteiger partial charge in [0, 0.05) is 6.42 Å². The van der Waals surface area contributed by atoms with Gasteiger partial charge in [-0.15, -0.1) is 0 Å². The minimum atomic E-state index is 0.807. The maximum atomic E-state index is 5.55. The Labute approximate surface area is 77.6 Å². The lowest BCUT2D eigenvalue weighted by Crippen LogP contribution is -1.90. The molecule has 0 spiro atoms. The van der Waals surface area contributed by atoms with Crippen molar-refractivity contribution in [1.82, 2.24) is 4.98 Å². The molecule has 0 saturated carbocycles. The van der Waals surface area contributed by atoms with Crippen molar-refractivity contribution in [2.24, 2.45) is 0 Å². The molecule has 1 heterocycles. The fourth-order valence-corrected chi connectivity index (χ4v) is 1.30. The van der Waals surface area contributed by atoms with Crippen molar-refractivity contribution in [1.29, 1.82) is 0 Å². The van der Waals surface area contributed by atoms with Gasteiger partial charge in [-0.05, 0) is 18.1 Å². The van der Waals surface area contributed by atoms with Gasteiger partial charge in [0.15, 0.2) is 11.5 Å². The minimum Gasteiger partial charge on any atom is -0.441 e. The molecule has 13 heavy (non-hydrogen) atoms. The number of hydrogen-bond donors (Lipinski definition) is 0. The molecule has 0 atom stereocenters. The van der Waals surface area contributed by atoms with Gasteiger partial charge in [-0.2, -0.15) is 0 Å². The smallest absolute Gasteiger partial charge is 0.196 e. The van der Waals surface area contributed by atoms with Crippen molar-refractivity contribution >= 4 is 11.1 Å². The summed E-state index contributed by atoms with van der Waals surface area (Å²) in [6.07, 6.45) is 0.828. The Morgan fingerprint density at radius 1 is 1.31 bits per heavy atom. The Kier molecular flexibility index (Phi) is 2.05. The molecule has 1 aromatic heterocycles. The molecule has 2 aromatic rings. The summed E-state index contributed by atoms with van der Waals surface area (Å²) < 4.78 is 5.55. The summed E-state index contributed by atoms with van der Waals surface area (Å²) >= 11 is 0. The first-order chi connectivity index (χ1) is 6.25. The summed E-state index contributed by atoms with van der Waals surface area (Å²) in [6.45, 7) is 4.16. The molecule has 0 fully saturated rings. The van der Waals surface area contributed by atoms with Crippen LogP contribution < -0.4 is 0 Å². The summed E-state index contributed by atoms with van der Waals surface area (Å²) in [5.74, 6) is 2.12. The van der Waals surface area contributed by atoms with E-state index in [-0.39, 0.29) is 0 Å². The first-order valence-electron chi connectivity index (χ1n) is 4.39. The van der Waals surface area contributed by atoms with Crippen molar-refractivity contribution in [3.8, 4) is 0 Å². The zero-order chi connectivity index (χ0) is 9.26. The van der Waals surface area contributed by atoms with E-state index in [1.165, 1.54) is 5.92 Å². The van der Waals surface area contributed by atoms with Crippen LogP contribution in [-0.2, 0) is 6.42 Å². The summed E-state index contributed by atoms with van der Waals surface area (Å²) in [5.41, 5.74) is 1.82. The van der Waals surface area contributed by atoms with Gasteiger partial charge < -0.3 is 4.42 Å². The van der Waals surface area contributed by atoms with Gasteiger partial charge in [0.05, 0.1) is 0 Å². The molecule has 1 radical (unpaired) electrons. The first kappa shape index (κ1) is 8.30. The van der Waals surface area contributed by atoms with Gasteiger partial charge >= 0.3 is 0 Å². The van der Waals surface area contributed by atoms with Crippen LogP contribution in [0.2, 0.25) is 0 Å². The van der Waals surface area contributed by atoms with Gasteiger partial charge in [0.1, 0.15) is 5.52 Å². The van der Waals surface area contributed by atoms with Crippen LogP contribution in [0.5, 0.6) is 0 Å². The van der Waals surface area contributed by atoms with Gasteiger partial charge in [-0.1, -0.05) is 26.0 Å². The summed E-state index contributed by atoms with van der Waals surface area (Å²) in [4.78, 5) is 4.37. The van der Waals surface area contributed by atoms with Crippen LogP contribution in [0.1, 0.15) is 19.7 Å². The minimum absolute atomic E-state index is 0.807. The Morgan fingerprint density at radius 3 is 2.77 bits per heavy atom. The zero-order valence-corrected chi connectivity index (χ0v) is 7.87. The molecule has 1 aromatic carbocycles. The Bertz CT molecular complexity index is 370. The molecule has 2 heteroatoms. The Hall–Kier alpha value is -1.31. The van der Waals surface area contributed by atoms with E-state index in [1.54, 1.807) is 0 Å². The van der Waals surface area contributed by atoms with E-state index < -0.39 is 0 Å². The van der Waals surface area contributed by atoms with Gasteiger partial charge in [-0.3, -0.25) is 0 Å². The number of oxazole rings is 1. The lowest BCUT2D eigenvalue weighted by Gasteiger charge is -1.96. The molecule has 0 aliphatic carbocycles. The summed E-state index contributed by atoms with van der Waals surface area (Å²) in [5, 5.41) is 0. The second-order valence-corrected chi connectivity index (χ2v) is 3.46. The molecule has 67 valence electrons. The van der Waals surface area contributed by atoms with Crippen LogP contribution in [0.25, 0.3) is 11.1 Å². The molecule has 0 unspecified atom stereocenters. The number of benzene rings is 1. The summed E-state index contributed by atoms with van der Waals surface area (Å²) in [7, 11) is 0. The highest BCUT2D eigenvalue weighted by Crippen LogP contribution is 2.17. The zero-order valence-electron chi connectivity index (χ0n) is 7.87. The van der Waals surface area contributed by atoms with E-state index in [4.69, 9.17) is 4.42 Å². The highest BCUT2D eigenvalue weighted by atomic mass is 16.3. The van der Waals surface area contributed by atoms with Crippen molar-refractivity contribution in [3.05, 3.63) is 36.1 Å². The Morgan fingerprint density at radius 2 is 2.08 bits per heavy atom. The Balaban J connectivity index is 2.38. The molecule has 0 aliphatic rings. The van der Waals surface area contributed by atoms with Crippen LogP contribution >= 0.6 is 0 Å². The molecule has 0 amide bonds. The number of hydrogen-bond acceptors (Lipinski definition) is 2. The SMILES string of the molecule is C[C](C)Cc1nc2ccccc2o1. The van der Waals surface area contributed by atoms with Crippen LogP contribution in [0.15, 0.2) is 28.7 Å². The molecular weight excluding hydrogens is 162 g/mol. The van der Waals surface area contributed by atoms with Crippen molar-refractivity contribution in [2.45, 2.75) is 20.3 Å². The third-order valence-corrected chi connectivity index (χ3v) is 1.84. The van der Waals surface area contributed by atoms with E-state index in [0.717, 1.165) is 23.4 Å². The monoisotopic (exact) mass is 174 g/mol. The largest absolute Gasteiger partial charge is 0.441 e. The average molecular weight is 174 g/mol. The lowest BCUT2D eigenvalue weighted by atomic mass is 10.1. The predicted octanol–water partition coefficient (Wildman–Crippen LogP) is 2.98. The molecular formula is C11H12NO. The quantitative estimate of drug-likeness (QED) is 0.699. The van der Waals surface area contributed by atoms with Gasteiger partial charge in [0.25, 0.3) is 0 Å². The van der Waals surface area contributed by atoms with Crippen LogP contribution in [0, 0.1) is 5.92 Å². The van der Waals surface area contributed by atoms with Crippen molar-refractivity contribution in [3.63, 3.8) is 0 Å². The molecule has 0 aliphatic heterocycles. The molecule has 0 bridgehead atoms. The van der Waals surface area contributed by atoms with Crippen LogP contribution in [-0.4, -0.2) is 4.98 Å². The van der Waals surface area contributed by atoms with E-state index in [9.17, 15) is 0 Å². The second-order valence-electron chi connectivity index (χ2n) is 3.46. The van der Waals surface area contributed by atoms with E-state index in [2.05, 4.69) is 18.8 Å². The third kappa shape index (κ3) is 1.72. The maximum absolute atomic E-state index is 5.55. The highest BCUT2D eigenvalue weighted by molar-refractivity contribution is 5.72.